The van der Waals surface area contributed by atoms with Gasteiger partial charge in [-0.15, -0.1) is 16.9 Å². The Morgan fingerprint density at radius 1 is 1.28 bits per heavy atom. The van der Waals surface area contributed by atoms with E-state index in [2.05, 4.69) is 33.1 Å². The number of hydrogen-bond donors (Lipinski definition) is 2. The third-order valence-corrected chi connectivity index (χ3v) is 6.18. The zero-order chi connectivity index (χ0) is 17.2. The minimum absolute atomic E-state index is 0.0494. The van der Waals surface area contributed by atoms with Gasteiger partial charge in [-0.05, 0) is 50.9 Å². The van der Waals surface area contributed by atoms with Crippen molar-refractivity contribution in [3.05, 3.63) is 41.2 Å². The highest BCUT2D eigenvalue weighted by Gasteiger charge is 2.26. The smallest absolute Gasteiger partial charge is 0.274 e. The molecule has 2 aromatic rings. The van der Waals surface area contributed by atoms with Crippen LogP contribution in [0.3, 0.4) is 0 Å². The SMILES string of the molecule is Cc1c(C(=O)NC2CCSc3ccccc32)nnn1C1CCNCC1. The summed E-state index contributed by atoms with van der Waals surface area (Å²) >= 11 is 1.85. The summed E-state index contributed by atoms with van der Waals surface area (Å²) in [6, 6.07) is 8.69. The van der Waals surface area contributed by atoms with Crippen LogP contribution in [0.25, 0.3) is 0 Å². The third-order valence-electron chi connectivity index (χ3n) is 5.06. The van der Waals surface area contributed by atoms with Crippen molar-refractivity contribution in [1.29, 1.82) is 0 Å². The Hall–Kier alpha value is -1.86. The molecule has 0 radical (unpaired) electrons. The topological polar surface area (TPSA) is 71.8 Å². The van der Waals surface area contributed by atoms with Gasteiger partial charge in [0, 0.05) is 10.6 Å². The van der Waals surface area contributed by atoms with Crippen molar-refractivity contribution in [2.45, 2.75) is 43.2 Å². The third kappa shape index (κ3) is 3.30. The molecule has 0 saturated carbocycles. The van der Waals surface area contributed by atoms with Gasteiger partial charge in [0.1, 0.15) is 0 Å². The molecule has 132 valence electrons. The number of nitrogens with one attached hydrogen (secondary N) is 2. The van der Waals surface area contributed by atoms with Crippen LogP contribution in [0.15, 0.2) is 29.2 Å². The van der Waals surface area contributed by atoms with E-state index in [4.69, 9.17) is 0 Å². The van der Waals surface area contributed by atoms with Crippen LogP contribution in [0.4, 0.5) is 0 Å². The molecule has 6 nitrogen and oxygen atoms in total. The average Bonchev–Trinajstić information content (AvgIpc) is 3.04. The van der Waals surface area contributed by atoms with Gasteiger partial charge < -0.3 is 10.6 Å². The van der Waals surface area contributed by atoms with Crippen LogP contribution in [0.2, 0.25) is 0 Å². The molecule has 1 aromatic heterocycles. The fraction of sp³-hybridized carbons (Fsp3) is 0.500. The minimum Gasteiger partial charge on any atom is -0.344 e. The Bertz CT molecular complexity index is 769. The Labute approximate surface area is 151 Å². The normalized spacial score (nSPS) is 20.9. The second-order valence-electron chi connectivity index (χ2n) is 6.65. The van der Waals surface area contributed by atoms with E-state index in [9.17, 15) is 4.79 Å². The van der Waals surface area contributed by atoms with Crippen molar-refractivity contribution >= 4 is 17.7 Å². The predicted molar refractivity (Wildman–Crippen MR) is 97.9 cm³/mol. The molecule has 2 aliphatic rings. The molecule has 1 unspecified atom stereocenters. The van der Waals surface area contributed by atoms with Gasteiger partial charge in [-0.1, -0.05) is 23.4 Å². The quantitative estimate of drug-likeness (QED) is 0.883. The molecule has 1 atom stereocenters. The second kappa shape index (κ2) is 7.17. The number of carbonyl (C=O) groups excluding carboxylic acids is 1. The van der Waals surface area contributed by atoms with Gasteiger partial charge in [-0.2, -0.15) is 0 Å². The lowest BCUT2D eigenvalue weighted by Gasteiger charge is -2.25. The van der Waals surface area contributed by atoms with Crippen LogP contribution in [0.1, 0.15) is 53.1 Å². The number of hydrogen-bond acceptors (Lipinski definition) is 5. The highest BCUT2D eigenvalue weighted by molar-refractivity contribution is 7.99. The van der Waals surface area contributed by atoms with Crippen molar-refractivity contribution in [3.63, 3.8) is 0 Å². The van der Waals surface area contributed by atoms with Gasteiger partial charge in [-0.3, -0.25) is 4.79 Å². The number of piperidine rings is 1. The summed E-state index contributed by atoms with van der Waals surface area (Å²) in [4.78, 5) is 14.1. The number of aromatic nitrogens is 3. The van der Waals surface area contributed by atoms with Crippen molar-refractivity contribution in [2.75, 3.05) is 18.8 Å². The average molecular weight is 357 g/mol. The molecule has 0 bridgehead atoms. The summed E-state index contributed by atoms with van der Waals surface area (Å²) in [6.45, 7) is 3.92. The maximum absolute atomic E-state index is 12.8. The van der Waals surface area contributed by atoms with Crippen LogP contribution in [0, 0.1) is 6.92 Å². The van der Waals surface area contributed by atoms with E-state index in [0.29, 0.717) is 11.7 Å². The van der Waals surface area contributed by atoms with Crippen molar-refractivity contribution in [1.82, 2.24) is 25.6 Å². The fourth-order valence-corrected chi connectivity index (χ4v) is 4.79. The standard InChI is InChI=1S/C18H23N5OS/c1-12-17(21-22-23(12)13-6-9-19-10-7-13)18(24)20-15-8-11-25-16-5-3-2-4-14(15)16/h2-5,13,15,19H,6-11H2,1H3,(H,20,24). The first-order valence-corrected chi connectivity index (χ1v) is 9.87. The van der Waals surface area contributed by atoms with Crippen molar-refractivity contribution in [3.8, 4) is 0 Å². The lowest BCUT2D eigenvalue weighted by Crippen LogP contribution is -2.32. The highest BCUT2D eigenvalue weighted by atomic mass is 32.2. The molecule has 25 heavy (non-hydrogen) atoms. The zero-order valence-corrected chi connectivity index (χ0v) is 15.2. The van der Waals surface area contributed by atoms with Gasteiger partial charge in [0.05, 0.1) is 17.8 Å². The molecule has 4 rings (SSSR count). The number of fused-ring (bicyclic) bond motifs is 1. The number of carbonyl (C=O) groups is 1. The molecular formula is C18H23N5OS. The van der Waals surface area contributed by atoms with Gasteiger partial charge in [0.2, 0.25) is 0 Å². The molecule has 0 aliphatic carbocycles. The first-order valence-electron chi connectivity index (χ1n) is 8.89. The summed E-state index contributed by atoms with van der Waals surface area (Å²) in [5.74, 6) is 0.896. The molecular weight excluding hydrogens is 334 g/mol. The summed E-state index contributed by atoms with van der Waals surface area (Å²) in [7, 11) is 0. The Morgan fingerprint density at radius 3 is 2.92 bits per heavy atom. The van der Waals surface area contributed by atoms with Crippen LogP contribution in [0.5, 0.6) is 0 Å². The summed E-state index contributed by atoms with van der Waals surface area (Å²) < 4.78 is 1.93. The highest BCUT2D eigenvalue weighted by Crippen LogP contribution is 2.36. The molecule has 1 fully saturated rings. The lowest BCUT2D eigenvalue weighted by atomic mass is 10.0. The van der Waals surface area contributed by atoms with E-state index in [-0.39, 0.29) is 11.9 Å². The Balaban J connectivity index is 1.52. The zero-order valence-electron chi connectivity index (χ0n) is 14.4. The monoisotopic (exact) mass is 357 g/mol. The minimum atomic E-state index is -0.121. The van der Waals surface area contributed by atoms with Crippen LogP contribution >= 0.6 is 11.8 Å². The fourth-order valence-electron chi connectivity index (χ4n) is 3.67. The summed E-state index contributed by atoms with van der Waals surface area (Å²) in [5.41, 5.74) is 2.52. The molecule has 0 spiro atoms. The number of amides is 1. The van der Waals surface area contributed by atoms with E-state index in [1.165, 1.54) is 10.5 Å². The van der Waals surface area contributed by atoms with Gasteiger partial charge in [0.15, 0.2) is 5.69 Å². The van der Waals surface area contributed by atoms with Crippen LogP contribution in [-0.2, 0) is 0 Å². The van der Waals surface area contributed by atoms with Crippen LogP contribution in [-0.4, -0.2) is 39.7 Å². The van der Waals surface area contributed by atoms with Crippen molar-refractivity contribution in [2.24, 2.45) is 0 Å². The second-order valence-corrected chi connectivity index (χ2v) is 7.79. The molecule has 1 amide bonds. The van der Waals surface area contributed by atoms with Gasteiger partial charge >= 0.3 is 0 Å². The lowest BCUT2D eigenvalue weighted by molar-refractivity contribution is 0.0929. The van der Waals surface area contributed by atoms with E-state index >= 15 is 0 Å². The molecule has 1 saturated heterocycles. The number of benzene rings is 1. The summed E-state index contributed by atoms with van der Waals surface area (Å²) in [6.07, 6.45) is 2.99. The molecule has 7 heteroatoms. The number of nitrogens with zero attached hydrogens (tertiary/aromatic N) is 3. The predicted octanol–water partition coefficient (Wildman–Crippen LogP) is 2.48. The Morgan fingerprint density at radius 2 is 2.08 bits per heavy atom. The maximum atomic E-state index is 12.8. The largest absolute Gasteiger partial charge is 0.344 e. The van der Waals surface area contributed by atoms with Gasteiger partial charge in [-0.25, -0.2) is 4.68 Å². The summed E-state index contributed by atoms with van der Waals surface area (Å²) in [5, 5.41) is 15.0. The first kappa shape index (κ1) is 16.6. The van der Waals surface area contributed by atoms with Gasteiger partial charge in [0.25, 0.3) is 5.91 Å². The van der Waals surface area contributed by atoms with Crippen molar-refractivity contribution < 1.29 is 4.79 Å². The molecule has 1 aromatic carbocycles. The number of rotatable bonds is 3. The molecule has 2 N–H and O–H groups in total. The Kier molecular flexibility index (Phi) is 4.76. The van der Waals surface area contributed by atoms with E-state index in [1.54, 1.807) is 0 Å². The molecule has 3 heterocycles. The first-order chi connectivity index (χ1) is 12.2. The molecule has 2 aliphatic heterocycles. The van der Waals surface area contributed by atoms with Crippen LogP contribution < -0.4 is 10.6 Å². The number of thioether (sulfide) groups is 1. The van der Waals surface area contributed by atoms with E-state index in [1.807, 2.05) is 35.5 Å². The van der Waals surface area contributed by atoms with E-state index in [0.717, 1.165) is 43.8 Å². The van der Waals surface area contributed by atoms with E-state index < -0.39 is 0 Å². The maximum Gasteiger partial charge on any atom is 0.274 e.